The van der Waals surface area contributed by atoms with Crippen LogP contribution in [0.1, 0.15) is 28.4 Å². The number of morpholine rings is 1. The lowest BCUT2D eigenvalue weighted by molar-refractivity contribution is -0.120. The highest BCUT2D eigenvalue weighted by atomic mass is 16.5. The molecule has 160 valence electrons. The predicted molar refractivity (Wildman–Crippen MR) is 114 cm³/mol. The van der Waals surface area contributed by atoms with E-state index >= 15 is 0 Å². The van der Waals surface area contributed by atoms with Gasteiger partial charge in [0.1, 0.15) is 5.75 Å². The van der Waals surface area contributed by atoms with Crippen molar-refractivity contribution in [2.75, 3.05) is 39.5 Å². The minimum Gasteiger partial charge on any atom is -0.494 e. The molecule has 30 heavy (non-hydrogen) atoms. The lowest BCUT2D eigenvalue weighted by Gasteiger charge is -2.27. The Bertz CT molecular complexity index is 833. The summed E-state index contributed by atoms with van der Waals surface area (Å²) in [5.74, 6) is 0.193. The molecule has 3 rings (SSSR count). The van der Waals surface area contributed by atoms with Crippen molar-refractivity contribution in [3.63, 3.8) is 0 Å². The Labute approximate surface area is 177 Å². The molecule has 0 unspecified atom stereocenters. The van der Waals surface area contributed by atoms with Crippen LogP contribution in [0, 0.1) is 0 Å². The van der Waals surface area contributed by atoms with Gasteiger partial charge in [0.2, 0.25) is 5.91 Å². The Kier molecular flexibility index (Phi) is 8.23. The maximum Gasteiger partial charge on any atom is 0.251 e. The maximum absolute atomic E-state index is 12.2. The van der Waals surface area contributed by atoms with Crippen LogP contribution in [0.4, 0.5) is 0 Å². The first-order chi connectivity index (χ1) is 14.7. The molecule has 1 fully saturated rings. The number of carbonyl (C=O) groups is 2. The molecule has 1 aliphatic rings. The molecule has 0 radical (unpaired) electrons. The number of hydrogen-bond donors (Lipinski definition) is 2. The second-order valence-corrected chi connectivity index (χ2v) is 7.07. The van der Waals surface area contributed by atoms with Gasteiger partial charge < -0.3 is 20.1 Å². The number of nitrogens with zero attached hydrogens (tertiary/aromatic N) is 1. The van der Waals surface area contributed by atoms with Crippen LogP contribution in [-0.4, -0.2) is 56.2 Å². The van der Waals surface area contributed by atoms with Gasteiger partial charge in [0.05, 0.1) is 26.4 Å². The van der Waals surface area contributed by atoms with E-state index in [1.165, 1.54) is 5.56 Å². The summed E-state index contributed by atoms with van der Waals surface area (Å²) in [6.45, 7) is 7.01. The van der Waals surface area contributed by atoms with E-state index in [0.29, 0.717) is 24.5 Å². The van der Waals surface area contributed by atoms with Crippen LogP contribution in [0.3, 0.4) is 0 Å². The highest BCUT2D eigenvalue weighted by Gasteiger charge is 2.13. The normalized spacial score (nSPS) is 14.2. The molecule has 0 bridgehead atoms. The fraction of sp³-hybridized carbons (Fsp3) is 0.391. The lowest BCUT2D eigenvalue weighted by atomic mass is 10.1. The summed E-state index contributed by atoms with van der Waals surface area (Å²) < 4.78 is 10.8. The molecule has 0 atom stereocenters. The second kappa shape index (κ2) is 11.3. The van der Waals surface area contributed by atoms with Crippen LogP contribution in [0.2, 0.25) is 0 Å². The predicted octanol–water partition coefficient (Wildman–Crippen LogP) is 1.96. The van der Waals surface area contributed by atoms with Gasteiger partial charge in [-0.3, -0.25) is 14.5 Å². The molecule has 1 saturated heterocycles. The zero-order chi connectivity index (χ0) is 21.2. The van der Waals surface area contributed by atoms with Gasteiger partial charge in [0.25, 0.3) is 5.91 Å². The SMILES string of the molecule is CCOc1ccc(C(=O)NCC(=O)NCc2ccccc2CN2CCOCC2)cc1. The molecule has 2 amide bonds. The van der Waals surface area contributed by atoms with Gasteiger partial charge in [-0.05, 0) is 42.3 Å². The lowest BCUT2D eigenvalue weighted by Crippen LogP contribution is -2.37. The minimum absolute atomic E-state index is 0.0718. The molecule has 0 aromatic heterocycles. The monoisotopic (exact) mass is 411 g/mol. The third kappa shape index (κ3) is 6.57. The van der Waals surface area contributed by atoms with Crippen LogP contribution in [0.25, 0.3) is 0 Å². The number of rotatable bonds is 9. The van der Waals surface area contributed by atoms with Crippen molar-refractivity contribution in [2.45, 2.75) is 20.0 Å². The Hall–Kier alpha value is -2.90. The van der Waals surface area contributed by atoms with Crippen LogP contribution in [0.5, 0.6) is 5.75 Å². The van der Waals surface area contributed by atoms with E-state index in [1.807, 2.05) is 25.1 Å². The topological polar surface area (TPSA) is 79.9 Å². The van der Waals surface area contributed by atoms with Gasteiger partial charge >= 0.3 is 0 Å². The Morgan fingerprint density at radius 1 is 1.00 bits per heavy atom. The highest BCUT2D eigenvalue weighted by Crippen LogP contribution is 2.13. The van der Waals surface area contributed by atoms with E-state index in [9.17, 15) is 9.59 Å². The van der Waals surface area contributed by atoms with Gasteiger partial charge in [0.15, 0.2) is 0 Å². The zero-order valence-corrected chi connectivity index (χ0v) is 17.4. The Morgan fingerprint density at radius 2 is 1.70 bits per heavy atom. The molecular weight excluding hydrogens is 382 g/mol. The van der Waals surface area contributed by atoms with Crippen molar-refractivity contribution in [1.82, 2.24) is 15.5 Å². The number of nitrogens with one attached hydrogen (secondary N) is 2. The van der Waals surface area contributed by atoms with Crippen molar-refractivity contribution < 1.29 is 19.1 Å². The third-order valence-electron chi connectivity index (χ3n) is 4.93. The second-order valence-electron chi connectivity index (χ2n) is 7.07. The average Bonchev–Trinajstić information content (AvgIpc) is 2.78. The molecule has 7 heteroatoms. The average molecular weight is 412 g/mol. The standard InChI is InChI=1S/C23H29N3O4/c1-2-30-21-9-7-18(8-10-21)23(28)25-16-22(27)24-15-19-5-3-4-6-20(19)17-26-11-13-29-14-12-26/h3-10H,2,11-17H2,1H3,(H,24,27)(H,25,28). The summed E-state index contributed by atoms with van der Waals surface area (Å²) >= 11 is 0. The number of carbonyl (C=O) groups excluding carboxylic acids is 2. The van der Waals surface area contributed by atoms with E-state index in [-0.39, 0.29) is 18.4 Å². The quantitative estimate of drug-likeness (QED) is 0.660. The first-order valence-corrected chi connectivity index (χ1v) is 10.3. The summed E-state index contributed by atoms with van der Waals surface area (Å²) in [4.78, 5) is 26.8. The minimum atomic E-state index is -0.291. The van der Waals surface area contributed by atoms with Crippen LogP contribution >= 0.6 is 0 Å². The smallest absolute Gasteiger partial charge is 0.251 e. The molecule has 1 aliphatic heterocycles. The molecule has 2 aromatic rings. The van der Waals surface area contributed by atoms with Gasteiger partial charge in [-0.2, -0.15) is 0 Å². The molecule has 0 saturated carbocycles. The first-order valence-electron chi connectivity index (χ1n) is 10.3. The highest BCUT2D eigenvalue weighted by molar-refractivity contribution is 5.96. The summed E-state index contributed by atoms with van der Waals surface area (Å²) in [5, 5.41) is 5.55. The van der Waals surface area contributed by atoms with Gasteiger partial charge in [-0.15, -0.1) is 0 Å². The van der Waals surface area contributed by atoms with E-state index in [0.717, 1.165) is 38.4 Å². The largest absolute Gasteiger partial charge is 0.494 e. The van der Waals surface area contributed by atoms with E-state index in [4.69, 9.17) is 9.47 Å². The number of ether oxygens (including phenoxy) is 2. The van der Waals surface area contributed by atoms with Crippen LogP contribution in [-0.2, 0) is 22.6 Å². The molecule has 2 aromatic carbocycles. The molecular formula is C23H29N3O4. The fourth-order valence-electron chi connectivity index (χ4n) is 3.27. The van der Waals surface area contributed by atoms with Crippen molar-refractivity contribution >= 4 is 11.8 Å². The summed E-state index contributed by atoms with van der Waals surface area (Å²) in [6, 6.07) is 14.9. The van der Waals surface area contributed by atoms with Crippen molar-refractivity contribution in [1.29, 1.82) is 0 Å². The Balaban J connectivity index is 1.46. The van der Waals surface area contributed by atoms with Gasteiger partial charge in [0, 0.05) is 31.7 Å². The third-order valence-corrected chi connectivity index (χ3v) is 4.93. The summed E-state index contributed by atoms with van der Waals surface area (Å²) in [5.41, 5.74) is 2.76. The van der Waals surface area contributed by atoms with E-state index < -0.39 is 0 Å². The van der Waals surface area contributed by atoms with E-state index in [1.54, 1.807) is 24.3 Å². The number of benzene rings is 2. The number of hydrogen-bond acceptors (Lipinski definition) is 5. The van der Waals surface area contributed by atoms with Gasteiger partial charge in [-0.25, -0.2) is 0 Å². The van der Waals surface area contributed by atoms with Crippen LogP contribution in [0.15, 0.2) is 48.5 Å². The Morgan fingerprint density at radius 3 is 2.40 bits per heavy atom. The molecule has 2 N–H and O–H groups in total. The van der Waals surface area contributed by atoms with E-state index in [2.05, 4.69) is 21.6 Å². The van der Waals surface area contributed by atoms with Crippen LogP contribution < -0.4 is 15.4 Å². The maximum atomic E-state index is 12.2. The first kappa shape index (κ1) is 21.8. The molecule has 0 spiro atoms. The zero-order valence-electron chi connectivity index (χ0n) is 17.4. The summed E-state index contributed by atoms with van der Waals surface area (Å²) in [6.07, 6.45) is 0. The van der Waals surface area contributed by atoms with Crippen molar-refractivity contribution in [3.8, 4) is 5.75 Å². The van der Waals surface area contributed by atoms with Gasteiger partial charge in [-0.1, -0.05) is 24.3 Å². The van der Waals surface area contributed by atoms with Crippen molar-refractivity contribution in [3.05, 3.63) is 65.2 Å². The summed E-state index contributed by atoms with van der Waals surface area (Å²) in [7, 11) is 0. The fourth-order valence-corrected chi connectivity index (χ4v) is 3.27. The molecule has 0 aliphatic carbocycles. The van der Waals surface area contributed by atoms with Crippen molar-refractivity contribution in [2.24, 2.45) is 0 Å². The molecule has 7 nitrogen and oxygen atoms in total. The number of amides is 2. The molecule has 1 heterocycles.